The Kier molecular flexibility index (Phi) is 16.1. The summed E-state index contributed by atoms with van der Waals surface area (Å²) in [7, 11) is -6.50. The van der Waals surface area contributed by atoms with E-state index in [9.17, 15) is 13.5 Å². The fourth-order valence-corrected chi connectivity index (χ4v) is 12.0. The van der Waals surface area contributed by atoms with Gasteiger partial charge in [0.2, 0.25) is 0 Å². The Morgan fingerprint density at radius 2 is 1.55 bits per heavy atom. The normalized spacial score (nSPS) is 30.3. The average molecular weight is 837 g/mol. The molecule has 1 aromatic rings. The van der Waals surface area contributed by atoms with Gasteiger partial charge < -0.3 is 32.9 Å². The molecule has 0 aromatic heterocycles. The maximum absolute atomic E-state index is 14.2. The van der Waals surface area contributed by atoms with Crippen LogP contribution in [-0.4, -0.2) is 105 Å². The third kappa shape index (κ3) is 11.5. The van der Waals surface area contributed by atoms with Crippen LogP contribution in [0.3, 0.4) is 0 Å². The van der Waals surface area contributed by atoms with Crippen molar-refractivity contribution < 1.29 is 41.3 Å². The largest absolute Gasteiger partial charge is 0.417 e. The van der Waals surface area contributed by atoms with Crippen LogP contribution >= 0.6 is 0 Å². The van der Waals surface area contributed by atoms with Gasteiger partial charge in [0.1, 0.15) is 12.2 Å². The Hall–Kier alpha value is -1.20. The van der Waals surface area contributed by atoms with Crippen molar-refractivity contribution >= 4 is 26.5 Å². The minimum atomic E-state index is -3.74. The minimum absolute atomic E-state index is 0.0447. The van der Waals surface area contributed by atoms with E-state index in [0.717, 1.165) is 49.7 Å². The van der Waals surface area contributed by atoms with Gasteiger partial charge >= 0.3 is 0 Å². The molecule has 0 bridgehead atoms. The maximum atomic E-state index is 14.2. The molecule has 9 nitrogen and oxygen atoms in total. The van der Waals surface area contributed by atoms with Crippen molar-refractivity contribution in [2.24, 2.45) is 11.8 Å². The third-order valence-corrected chi connectivity index (χ3v) is 24.4. The van der Waals surface area contributed by atoms with E-state index in [0.29, 0.717) is 13.0 Å². The molecule has 0 spiro atoms. The lowest BCUT2D eigenvalue weighted by Crippen LogP contribution is -2.51. The van der Waals surface area contributed by atoms with E-state index >= 15 is 0 Å². The molecule has 12 heteroatoms. The zero-order valence-electron chi connectivity index (χ0n) is 36.8. The van der Waals surface area contributed by atoms with Gasteiger partial charge in [-0.15, -0.1) is 0 Å². The summed E-state index contributed by atoms with van der Waals surface area (Å²) in [6.07, 6.45) is 2.54. The summed E-state index contributed by atoms with van der Waals surface area (Å²) in [5, 5.41) is 9.30. The number of ether oxygens (including phenoxy) is 4. The monoisotopic (exact) mass is 836 g/mol. The molecule has 1 aromatic carbocycles. The Morgan fingerprint density at radius 3 is 2.14 bits per heavy atom. The molecule has 3 aliphatic heterocycles. The molecule has 320 valence electrons. The van der Waals surface area contributed by atoms with Crippen LogP contribution in [0.1, 0.15) is 93.4 Å². The predicted molar refractivity (Wildman–Crippen MR) is 231 cm³/mol. The third-order valence-electron chi connectivity index (χ3n) is 13.5. The fraction of sp³-hybridized carbons (Fsp3) is 0.773. The van der Waals surface area contributed by atoms with Crippen molar-refractivity contribution in [2.45, 2.75) is 183 Å². The van der Waals surface area contributed by atoms with E-state index < -0.39 is 62.9 Å². The molecule has 56 heavy (non-hydrogen) atoms. The summed E-state index contributed by atoms with van der Waals surface area (Å²) in [5.74, 6) is -0.586. The van der Waals surface area contributed by atoms with Gasteiger partial charge in [0.05, 0.1) is 47.3 Å². The first-order chi connectivity index (χ1) is 25.9. The summed E-state index contributed by atoms with van der Waals surface area (Å²) in [6.45, 7) is 34.1. The summed E-state index contributed by atoms with van der Waals surface area (Å²) in [5.41, 5.74) is 2.01. The van der Waals surface area contributed by atoms with E-state index in [1.807, 2.05) is 6.07 Å². The number of hydrogen-bond donors (Lipinski definition) is 1. The lowest BCUT2D eigenvalue weighted by molar-refractivity contribution is -0.132. The van der Waals surface area contributed by atoms with Crippen molar-refractivity contribution in [1.82, 2.24) is 0 Å². The van der Waals surface area contributed by atoms with Crippen molar-refractivity contribution in [2.75, 3.05) is 26.1 Å². The average Bonchev–Trinajstić information content (AvgIpc) is 3.64. The van der Waals surface area contributed by atoms with Gasteiger partial charge in [0.25, 0.3) is 0 Å². The molecule has 3 aliphatic rings. The smallest absolute Gasteiger partial charge is 0.192 e. The highest BCUT2D eigenvalue weighted by Crippen LogP contribution is 2.46. The number of aliphatic hydroxyl groups excluding tert-OH is 1. The summed E-state index contributed by atoms with van der Waals surface area (Å²) >= 11 is 0. The van der Waals surface area contributed by atoms with E-state index in [-0.39, 0.29) is 51.6 Å². The zero-order valence-corrected chi connectivity index (χ0v) is 39.6. The Bertz CT molecular complexity index is 1550. The molecule has 10 atom stereocenters. The van der Waals surface area contributed by atoms with Crippen LogP contribution in [0, 0.1) is 11.8 Å². The Labute approximate surface area is 342 Å². The van der Waals surface area contributed by atoms with Gasteiger partial charge in [0.15, 0.2) is 26.5 Å². The van der Waals surface area contributed by atoms with Crippen molar-refractivity contribution in [3.63, 3.8) is 0 Å². The van der Waals surface area contributed by atoms with Gasteiger partial charge in [-0.2, -0.15) is 0 Å². The molecule has 3 heterocycles. The molecular weight excluding hydrogens is 761 g/mol. The molecular formula is C44H76O9SSi2. The fourth-order valence-electron chi connectivity index (χ4n) is 7.90. The number of sulfone groups is 1. The molecule has 0 aliphatic carbocycles. The van der Waals surface area contributed by atoms with Crippen molar-refractivity contribution in [1.29, 1.82) is 0 Å². The van der Waals surface area contributed by atoms with E-state index in [4.69, 9.17) is 27.8 Å². The second-order valence-electron chi connectivity index (χ2n) is 19.8. The van der Waals surface area contributed by atoms with Gasteiger partial charge in [-0.1, -0.05) is 79.8 Å². The molecule has 1 unspecified atom stereocenters. The second kappa shape index (κ2) is 19.0. The number of aliphatic hydroxyl groups is 1. The van der Waals surface area contributed by atoms with Gasteiger partial charge in [-0.3, -0.25) is 0 Å². The van der Waals surface area contributed by atoms with E-state index in [1.165, 1.54) is 0 Å². The van der Waals surface area contributed by atoms with Crippen LogP contribution in [-0.2, 0) is 37.6 Å². The zero-order chi connectivity index (χ0) is 41.9. The van der Waals surface area contributed by atoms with Gasteiger partial charge in [-0.05, 0) is 110 Å². The van der Waals surface area contributed by atoms with Crippen LogP contribution in [0.2, 0.25) is 36.3 Å². The van der Waals surface area contributed by atoms with Crippen LogP contribution in [0.4, 0.5) is 0 Å². The summed E-state index contributed by atoms with van der Waals surface area (Å²) in [4.78, 5) is 0.276. The second-order valence-corrected chi connectivity index (χ2v) is 31.4. The molecule has 3 fully saturated rings. The first-order valence-corrected chi connectivity index (χ1v) is 28.4. The minimum Gasteiger partial charge on any atom is -0.417 e. The van der Waals surface area contributed by atoms with E-state index in [1.54, 1.807) is 31.4 Å². The molecule has 4 rings (SSSR count). The Balaban J connectivity index is 1.68. The number of methoxy groups -OCH3 is 1. The predicted octanol–water partition coefficient (Wildman–Crippen LogP) is 9.28. The highest BCUT2D eigenvalue weighted by molar-refractivity contribution is 7.91. The number of benzene rings is 1. The topological polar surface area (TPSA) is 110 Å². The van der Waals surface area contributed by atoms with Gasteiger partial charge in [0, 0.05) is 26.2 Å². The lowest BCUT2D eigenvalue weighted by atomic mass is 9.81. The SMILES string of the molecule is C=C1C[C@H](CCCO)O[C@H]1CC[C@H]1C[C@@H](C)C(=C)[C@@H]([C@@H]2O[C@H](C(CCO[Si](C)(C)C(C)(C)C)O[Si](C)(C)C(C)(C)C)[C@H](OC)[C@H]2CS(=O)(=O)c2ccccc2)O1. The van der Waals surface area contributed by atoms with Crippen LogP contribution < -0.4 is 0 Å². The Morgan fingerprint density at radius 1 is 0.911 bits per heavy atom. The lowest BCUT2D eigenvalue weighted by Gasteiger charge is -2.42. The van der Waals surface area contributed by atoms with Crippen LogP contribution in [0.5, 0.6) is 0 Å². The molecule has 0 amide bonds. The van der Waals surface area contributed by atoms with Crippen LogP contribution in [0.25, 0.3) is 0 Å². The standard InChI is InChI=1S/C44H76O9SSi2/c1-30-27-34(22-23-37-31(2)28-33(50-37)19-18-25-45)51-39(32(30)3)41-36(29-54(46,47)35-20-16-15-17-21-35)40(48-10)42(52-41)38(53-56(13,14)44(7,8)9)24-26-49-55(11,12)43(4,5)6/h15-17,20-21,30,33-34,36-42,45H,2-3,18-19,22-29H2,1,4-14H3/t30-,33+,34+,36-,37+,38?,39+,40-,41-,42-/m1/s1. The van der Waals surface area contributed by atoms with Crippen LogP contribution in [0.15, 0.2) is 59.5 Å². The van der Waals surface area contributed by atoms with Gasteiger partial charge in [-0.25, -0.2) is 8.42 Å². The maximum Gasteiger partial charge on any atom is 0.192 e. The van der Waals surface area contributed by atoms with Crippen molar-refractivity contribution in [3.8, 4) is 0 Å². The molecule has 1 N–H and O–H groups in total. The molecule has 0 saturated carbocycles. The highest BCUT2D eigenvalue weighted by atomic mass is 32.2. The van der Waals surface area contributed by atoms with Crippen molar-refractivity contribution in [3.05, 3.63) is 54.6 Å². The molecule has 3 saturated heterocycles. The number of rotatable bonds is 18. The highest BCUT2D eigenvalue weighted by Gasteiger charge is 2.56. The number of hydrogen-bond acceptors (Lipinski definition) is 9. The first-order valence-electron chi connectivity index (χ1n) is 21.0. The van der Waals surface area contributed by atoms with E-state index in [2.05, 4.69) is 87.8 Å². The molecule has 0 radical (unpaired) electrons. The summed E-state index contributed by atoms with van der Waals surface area (Å²) in [6, 6.07) is 8.65. The first kappa shape index (κ1) is 47.5. The quantitative estimate of drug-likeness (QED) is 0.114. The summed E-state index contributed by atoms with van der Waals surface area (Å²) < 4.78 is 69.3.